The molecule has 0 aliphatic rings. The Morgan fingerprint density at radius 1 is 1.20 bits per heavy atom. The van der Waals surface area contributed by atoms with Crippen molar-refractivity contribution in [2.24, 2.45) is 0 Å². The van der Waals surface area contributed by atoms with Crippen LogP contribution in [0.5, 0.6) is 0 Å². The molecule has 0 aliphatic carbocycles. The van der Waals surface area contributed by atoms with Crippen molar-refractivity contribution >= 4 is 5.97 Å². The molecule has 0 aromatic carbocycles. The topological polar surface area (TPSA) is 53.0 Å². The summed E-state index contributed by atoms with van der Waals surface area (Å²) in [4.78, 5) is 14.6. The highest BCUT2D eigenvalue weighted by atomic mass is 16.5. The van der Waals surface area contributed by atoms with Gasteiger partial charge in [-0.05, 0) is 14.1 Å². The lowest BCUT2D eigenvalue weighted by Gasteiger charge is -2.22. The molecule has 0 saturated carbocycles. The highest BCUT2D eigenvalue weighted by Gasteiger charge is 2.07. The second-order valence-electron chi connectivity index (χ2n) is 3.78. The van der Waals surface area contributed by atoms with Gasteiger partial charge in [-0.1, -0.05) is 0 Å². The van der Waals surface area contributed by atoms with Gasteiger partial charge in [0.25, 0.3) is 0 Å². The molecule has 0 aromatic rings. The average molecular weight is 218 g/mol. The first-order valence-corrected chi connectivity index (χ1v) is 5.14. The van der Waals surface area contributed by atoms with E-state index in [4.69, 9.17) is 9.84 Å². The molecule has 0 atom stereocenters. The molecule has 0 rings (SSSR count). The Labute approximate surface area is 91.6 Å². The van der Waals surface area contributed by atoms with Gasteiger partial charge in [0.15, 0.2) is 0 Å². The van der Waals surface area contributed by atoms with Crippen LogP contribution in [0.25, 0.3) is 0 Å². The standard InChI is InChI=1S/C10H22N2O3/c1-11(2)6-7-12(8-9-15-3)5-4-10(13)14/h4-9H2,1-3H3,(H,13,14). The third-order valence-electron chi connectivity index (χ3n) is 2.12. The van der Waals surface area contributed by atoms with Gasteiger partial charge in [-0.25, -0.2) is 0 Å². The van der Waals surface area contributed by atoms with Crippen LogP contribution < -0.4 is 0 Å². The summed E-state index contributed by atoms with van der Waals surface area (Å²) in [5, 5.41) is 8.60. The lowest BCUT2D eigenvalue weighted by Crippen LogP contribution is -2.35. The van der Waals surface area contributed by atoms with Gasteiger partial charge in [0, 0.05) is 33.3 Å². The highest BCUT2D eigenvalue weighted by molar-refractivity contribution is 5.66. The maximum Gasteiger partial charge on any atom is 0.304 e. The van der Waals surface area contributed by atoms with Crippen molar-refractivity contribution in [2.75, 3.05) is 54.0 Å². The number of hydrogen-bond acceptors (Lipinski definition) is 4. The molecule has 0 fully saturated rings. The van der Waals surface area contributed by atoms with Crippen molar-refractivity contribution in [3.05, 3.63) is 0 Å². The fraction of sp³-hybridized carbons (Fsp3) is 0.900. The molecule has 0 aromatic heterocycles. The van der Waals surface area contributed by atoms with Crippen LogP contribution in [0, 0.1) is 0 Å². The summed E-state index contributed by atoms with van der Waals surface area (Å²) in [5.41, 5.74) is 0. The molecule has 5 nitrogen and oxygen atoms in total. The Balaban J connectivity index is 3.77. The van der Waals surface area contributed by atoms with Crippen LogP contribution in [0.2, 0.25) is 0 Å². The zero-order valence-corrected chi connectivity index (χ0v) is 9.90. The molecular weight excluding hydrogens is 196 g/mol. The van der Waals surface area contributed by atoms with E-state index in [0.717, 1.165) is 19.6 Å². The number of carboxylic acids is 1. The second-order valence-corrected chi connectivity index (χ2v) is 3.78. The summed E-state index contributed by atoms with van der Waals surface area (Å²) in [7, 11) is 5.67. The molecule has 0 radical (unpaired) electrons. The highest BCUT2D eigenvalue weighted by Crippen LogP contribution is 1.93. The molecule has 15 heavy (non-hydrogen) atoms. The van der Waals surface area contributed by atoms with Gasteiger partial charge in [0.1, 0.15) is 0 Å². The van der Waals surface area contributed by atoms with Gasteiger partial charge in [-0.2, -0.15) is 0 Å². The molecule has 0 bridgehead atoms. The van der Waals surface area contributed by atoms with Crippen LogP contribution in [0.1, 0.15) is 6.42 Å². The Kier molecular flexibility index (Phi) is 8.27. The van der Waals surface area contributed by atoms with E-state index in [9.17, 15) is 4.79 Å². The molecule has 0 amide bonds. The molecule has 0 spiro atoms. The molecule has 1 N–H and O–H groups in total. The van der Waals surface area contributed by atoms with Gasteiger partial charge in [-0.15, -0.1) is 0 Å². The number of ether oxygens (including phenoxy) is 1. The minimum Gasteiger partial charge on any atom is -0.481 e. The number of carbonyl (C=O) groups is 1. The summed E-state index contributed by atoms with van der Waals surface area (Å²) in [6, 6.07) is 0. The number of hydrogen-bond donors (Lipinski definition) is 1. The third kappa shape index (κ3) is 9.65. The first kappa shape index (κ1) is 14.3. The third-order valence-corrected chi connectivity index (χ3v) is 2.12. The monoisotopic (exact) mass is 218 g/mol. The largest absolute Gasteiger partial charge is 0.481 e. The fourth-order valence-corrected chi connectivity index (χ4v) is 1.15. The van der Waals surface area contributed by atoms with Crippen molar-refractivity contribution in [3.8, 4) is 0 Å². The van der Waals surface area contributed by atoms with Crippen LogP contribution in [0.4, 0.5) is 0 Å². The van der Waals surface area contributed by atoms with E-state index in [2.05, 4.69) is 9.80 Å². The van der Waals surface area contributed by atoms with Gasteiger partial charge in [0.2, 0.25) is 0 Å². The zero-order valence-electron chi connectivity index (χ0n) is 9.90. The van der Waals surface area contributed by atoms with Crippen molar-refractivity contribution in [1.82, 2.24) is 9.80 Å². The Morgan fingerprint density at radius 3 is 2.33 bits per heavy atom. The van der Waals surface area contributed by atoms with Gasteiger partial charge in [-0.3, -0.25) is 9.69 Å². The van der Waals surface area contributed by atoms with E-state index >= 15 is 0 Å². The molecule has 0 saturated heterocycles. The second kappa shape index (κ2) is 8.64. The van der Waals surface area contributed by atoms with E-state index < -0.39 is 5.97 Å². The quantitative estimate of drug-likeness (QED) is 0.589. The Hall–Kier alpha value is -0.650. The molecule has 90 valence electrons. The first-order valence-electron chi connectivity index (χ1n) is 5.14. The average Bonchev–Trinajstić information content (AvgIpc) is 2.16. The Bertz CT molecular complexity index is 174. The van der Waals surface area contributed by atoms with Crippen LogP contribution >= 0.6 is 0 Å². The molecule has 0 heterocycles. The van der Waals surface area contributed by atoms with E-state index in [0.29, 0.717) is 13.2 Å². The van der Waals surface area contributed by atoms with Crippen molar-refractivity contribution in [1.29, 1.82) is 0 Å². The van der Waals surface area contributed by atoms with Crippen LogP contribution in [-0.4, -0.2) is 74.9 Å². The van der Waals surface area contributed by atoms with Crippen LogP contribution in [-0.2, 0) is 9.53 Å². The smallest absolute Gasteiger partial charge is 0.304 e. The lowest BCUT2D eigenvalue weighted by molar-refractivity contribution is -0.137. The first-order chi connectivity index (χ1) is 7.06. The molecular formula is C10H22N2O3. The van der Waals surface area contributed by atoms with Gasteiger partial charge in [0.05, 0.1) is 13.0 Å². The number of aliphatic carboxylic acids is 1. The summed E-state index contributed by atoms with van der Waals surface area (Å²) in [5.74, 6) is -0.748. The number of nitrogens with zero attached hydrogens (tertiary/aromatic N) is 2. The normalized spacial score (nSPS) is 11.3. The lowest BCUT2D eigenvalue weighted by atomic mass is 10.3. The molecule has 0 unspecified atom stereocenters. The van der Waals surface area contributed by atoms with Crippen LogP contribution in [0.15, 0.2) is 0 Å². The number of rotatable bonds is 9. The van der Waals surface area contributed by atoms with E-state index in [-0.39, 0.29) is 6.42 Å². The zero-order chi connectivity index (χ0) is 11.7. The molecule has 5 heteroatoms. The van der Waals surface area contributed by atoms with Crippen LogP contribution in [0.3, 0.4) is 0 Å². The SMILES string of the molecule is COCCN(CCC(=O)O)CCN(C)C. The summed E-state index contributed by atoms with van der Waals surface area (Å²) in [6.45, 7) is 3.84. The minimum atomic E-state index is -0.748. The van der Waals surface area contributed by atoms with Gasteiger partial charge >= 0.3 is 5.97 Å². The summed E-state index contributed by atoms with van der Waals surface area (Å²) < 4.78 is 4.98. The van der Waals surface area contributed by atoms with E-state index in [1.165, 1.54) is 0 Å². The predicted octanol–water partition coefficient (Wildman–Crippen LogP) is -0.0289. The minimum absolute atomic E-state index is 0.192. The van der Waals surface area contributed by atoms with Gasteiger partial charge < -0.3 is 14.7 Å². The van der Waals surface area contributed by atoms with Crippen molar-refractivity contribution in [3.63, 3.8) is 0 Å². The predicted molar refractivity (Wildman–Crippen MR) is 59.1 cm³/mol. The number of methoxy groups -OCH3 is 1. The summed E-state index contributed by atoms with van der Waals surface area (Å²) in [6.07, 6.45) is 0.192. The number of likely N-dealkylation sites (N-methyl/N-ethyl adjacent to an activating group) is 1. The maximum atomic E-state index is 10.4. The molecule has 0 aliphatic heterocycles. The maximum absolute atomic E-state index is 10.4. The van der Waals surface area contributed by atoms with Crippen molar-refractivity contribution in [2.45, 2.75) is 6.42 Å². The van der Waals surface area contributed by atoms with Crippen molar-refractivity contribution < 1.29 is 14.6 Å². The van der Waals surface area contributed by atoms with E-state index in [1.807, 2.05) is 14.1 Å². The summed E-state index contributed by atoms with van der Waals surface area (Å²) >= 11 is 0. The van der Waals surface area contributed by atoms with E-state index in [1.54, 1.807) is 7.11 Å². The Morgan fingerprint density at radius 2 is 1.87 bits per heavy atom. The fourth-order valence-electron chi connectivity index (χ4n) is 1.15. The number of carboxylic acid groups (broad SMARTS) is 1.